The van der Waals surface area contributed by atoms with Gasteiger partial charge in [0, 0.05) is 60.7 Å². The Hall–Kier alpha value is -4.40. The summed E-state index contributed by atoms with van der Waals surface area (Å²) in [7, 11) is 1.89. The van der Waals surface area contributed by atoms with Crippen LogP contribution >= 0.6 is 0 Å². The number of aryl methyl sites for hydroxylation is 1. The highest BCUT2D eigenvalue weighted by Crippen LogP contribution is 2.28. The summed E-state index contributed by atoms with van der Waals surface area (Å²) in [5, 5.41) is 8.08. The molecule has 0 bridgehead atoms. The second-order valence-electron chi connectivity index (χ2n) is 6.97. The number of anilines is 1. The molecule has 0 unspecified atom stereocenters. The van der Waals surface area contributed by atoms with Gasteiger partial charge in [0.2, 0.25) is 5.91 Å². The first kappa shape index (κ1) is 18.6. The van der Waals surface area contributed by atoms with Crippen LogP contribution in [0.15, 0.2) is 73.8 Å². The number of amides is 1. The minimum absolute atomic E-state index is 0.146. The summed E-state index contributed by atoms with van der Waals surface area (Å²) in [4.78, 5) is 29.6. The first-order chi connectivity index (χ1) is 15.2. The average molecular weight is 410 g/mol. The molecule has 31 heavy (non-hydrogen) atoms. The van der Waals surface area contributed by atoms with Crippen LogP contribution in [0.4, 0.5) is 5.82 Å². The van der Waals surface area contributed by atoms with Crippen LogP contribution in [0.25, 0.3) is 33.4 Å². The van der Waals surface area contributed by atoms with E-state index in [2.05, 4.69) is 30.4 Å². The maximum Gasteiger partial charge on any atom is 0.245 e. The molecule has 5 aromatic rings. The van der Waals surface area contributed by atoms with E-state index >= 15 is 0 Å². The monoisotopic (exact) mass is 410 g/mol. The zero-order chi connectivity index (χ0) is 21.2. The van der Waals surface area contributed by atoms with E-state index in [0.29, 0.717) is 5.82 Å². The number of hydrogen-bond donors (Lipinski definition) is 1. The van der Waals surface area contributed by atoms with Crippen molar-refractivity contribution in [2.24, 2.45) is 7.05 Å². The summed E-state index contributed by atoms with van der Waals surface area (Å²) >= 11 is 0. The normalized spacial score (nSPS) is 11.0. The Kier molecular flexibility index (Phi) is 4.68. The maximum absolute atomic E-state index is 12.6. The molecule has 9 nitrogen and oxygen atoms in total. The predicted molar refractivity (Wildman–Crippen MR) is 116 cm³/mol. The molecule has 1 N–H and O–H groups in total. The summed E-state index contributed by atoms with van der Waals surface area (Å²) in [6.07, 6.45) is 13.8. The fraction of sp³-hybridized carbons (Fsp3) is 0.0909. The van der Waals surface area contributed by atoms with Crippen molar-refractivity contribution in [1.29, 1.82) is 0 Å². The summed E-state index contributed by atoms with van der Waals surface area (Å²) < 4.78 is 3.67. The average Bonchev–Trinajstić information content (AvgIpc) is 3.41. The number of hydrogen-bond acceptors (Lipinski definition) is 6. The van der Waals surface area contributed by atoms with Crippen LogP contribution in [0.5, 0.6) is 0 Å². The molecule has 0 aliphatic rings. The lowest BCUT2D eigenvalue weighted by Crippen LogP contribution is -2.18. The van der Waals surface area contributed by atoms with Crippen LogP contribution in [0.2, 0.25) is 0 Å². The van der Waals surface area contributed by atoms with Gasteiger partial charge in [0.05, 0.1) is 29.3 Å². The van der Waals surface area contributed by atoms with Gasteiger partial charge >= 0.3 is 0 Å². The quantitative estimate of drug-likeness (QED) is 0.478. The predicted octanol–water partition coefficient (Wildman–Crippen LogP) is 2.93. The topological polar surface area (TPSA) is 103 Å². The van der Waals surface area contributed by atoms with Crippen LogP contribution in [0, 0.1) is 0 Å². The van der Waals surface area contributed by atoms with E-state index in [-0.39, 0.29) is 12.5 Å². The summed E-state index contributed by atoms with van der Waals surface area (Å²) in [5.74, 6) is 0.297. The van der Waals surface area contributed by atoms with Crippen molar-refractivity contribution in [2.45, 2.75) is 6.54 Å². The summed E-state index contributed by atoms with van der Waals surface area (Å²) in [6, 6.07) is 7.52. The van der Waals surface area contributed by atoms with Gasteiger partial charge in [-0.2, -0.15) is 5.10 Å². The molecule has 0 fully saturated rings. The molecule has 5 aromatic heterocycles. The molecule has 9 heteroatoms. The molecule has 0 aromatic carbocycles. The van der Waals surface area contributed by atoms with Gasteiger partial charge in [-0.25, -0.2) is 4.98 Å². The van der Waals surface area contributed by atoms with Crippen LogP contribution in [0.1, 0.15) is 0 Å². The van der Waals surface area contributed by atoms with Gasteiger partial charge in [-0.05, 0) is 24.3 Å². The Morgan fingerprint density at radius 2 is 1.90 bits per heavy atom. The molecule has 0 atom stereocenters. The Balaban J connectivity index is 1.33. The zero-order valence-electron chi connectivity index (χ0n) is 16.7. The van der Waals surface area contributed by atoms with Crippen LogP contribution in [-0.2, 0) is 18.4 Å². The Labute approximate surface area is 177 Å². The third-order valence-electron chi connectivity index (χ3n) is 5.00. The molecular formula is C22H18N8O. The Morgan fingerprint density at radius 3 is 2.65 bits per heavy atom. The minimum Gasteiger partial charge on any atom is -0.337 e. The Morgan fingerprint density at radius 1 is 0.968 bits per heavy atom. The van der Waals surface area contributed by atoms with Crippen molar-refractivity contribution in [2.75, 3.05) is 5.32 Å². The van der Waals surface area contributed by atoms with E-state index in [1.165, 1.54) is 0 Å². The number of pyridine rings is 2. The molecule has 0 aliphatic heterocycles. The van der Waals surface area contributed by atoms with Crippen molar-refractivity contribution in [3.05, 3.63) is 73.8 Å². The van der Waals surface area contributed by atoms with Crippen molar-refractivity contribution in [3.63, 3.8) is 0 Å². The number of carbonyl (C=O) groups excluding carboxylic acids is 1. The van der Waals surface area contributed by atoms with E-state index in [4.69, 9.17) is 0 Å². The summed E-state index contributed by atoms with van der Waals surface area (Å²) in [5.41, 5.74) is 4.37. The molecule has 0 spiro atoms. The smallest absolute Gasteiger partial charge is 0.245 e. The second kappa shape index (κ2) is 7.79. The largest absolute Gasteiger partial charge is 0.337 e. The number of rotatable bonds is 5. The second-order valence-corrected chi connectivity index (χ2v) is 6.97. The van der Waals surface area contributed by atoms with Crippen LogP contribution in [0.3, 0.4) is 0 Å². The highest BCUT2D eigenvalue weighted by Gasteiger charge is 2.13. The van der Waals surface area contributed by atoms with Gasteiger partial charge in [-0.1, -0.05) is 0 Å². The first-order valence-corrected chi connectivity index (χ1v) is 9.62. The number of carbonyl (C=O) groups is 1. The first-order valence-electron chi connectivity index (χ1n) is 9.62. The number of fused-ring (bicyclic) bond motifs is 1. The molecule has 1 amide bonds. The van der Waals surface area contributed by atoms with E-state index < -0.39 is 0 Å². The van der Waals surface area contributed by atoms with Gasteiger partial charge in [-0.15, -0.1) is 0 Å². The third kappa shape index (κ3) is 3.64. The molecule has 0 saturated carbocycles. The highest BCUT2D eigenvalue weighted by atomic mass is 16.2. The molecule has 0 saturated heterocycles. The highest BCUT2D eigenvalue weighted by molar-refractivity contribution is 5.95. The number of aromatic nitrogens is 7. The lowest BCUT2D eigenvalue weighted by atomic mass is 10.1. The standard InChI is InChI=1S/C22H18N8O/c1-29-19(4-6-27-29)17-11-24-13-20-16(17)5-9-30(20)14-22(31)28-21-3-2-15(10-26-21)18-12-23-7-8-25-18/h2-13H,14H2,1H3,(H,26,28,31). The fourth-order valence-electron chi connectivity index (χ4n) is 3.49. The maximum atomic E-state index is 12.6. The number of nitrogens with one attached hydrogen (secondary N) is 1. The van der Waals surface area contributed by atoms with Gasteiger partial charge in [0.1, 0.15) is 12.4 Å². The minimum atomic E-state index is -0.178. The van der Waals surface area contributed by atoms with E-state index in [9.17, 15) is 4.79 Å². The molecule has 5 heterocycles. The van der Waals surface area contributed by atoms with Crippen molar-refractivity contribution >= 4 is 22.6 Å². The van der Waals surface area contributed by atoms with Gasteiger partial charge in [0.25, 0.3) is 0 Å². The van der Waals surface area contributed by atoms with E-state index in [1.54, 1.807) is 47.9 Å². The molecule has 5 rings (SSSR count). The molecule has 0 radical (unpaired) electrons. The van der Waals surface area contributed by atoms with Gasteiger partial charge < -0.3 is 9.88 Å². The van der Waals surface area contributed by atoms with Crippen molar-refractivity contribution in [1.82, 2.24) is 34.3 Å². The van der Waals surface area contributed by atoms with Gasteiger partial charge in [-0.3, -0.25) is 24.4 Å². The fourth-order valence-corrected chi connectivity index (χ4v) is 3.49. The molecule has 0 aliphatic carbocycles. The van der Waals surface area contributed by atoms with Crippen molar-refractivity contribution in [3.8, 4) is 22.5 Å². The molecule has 152 valence electrons. The lowest BCUT2D eigenvalue weighted by molar-refractivity contribution is -0.116. The number of nitrogens with zero attached hydrogens (tertiary/aromatic N) is 7. The lowest BCUT2D eigenvalue weighted by Gasteiger charge is -2.08. The van der Waals surface area contributed by atoms with Gasteiger partial charge in [0.15, 0.2) is 0 Å². The molecular weight excluding hydrogens is 392 g/mol. The SMILES string of the molecule is Cn1nccc1-c1cncc2c1ccn2CC(=O)Nc1ccc(-c2cnccn2)cn1. The van der Waals surface area contributed by atoms with E-state index in [0.717, 1.165) is 33.4 Å². The van der Waals surface area contributed by atoms with Crippen LogP contribution < -0.4 is 5.32 Å². The van der Waals surface area contributed by atoms with E-state index in [1.807, 2.05) is 42.2 Å². The zero-order valence-corrected chi connectivity index (χ0v) is 16.7. The Bertz CT molecular complexity index is 1360. The summed E-state index contributed by atoms with van der Waals surface area (Å²) in [6.45, 7) is 0.146. The van der Waals surface area contributed by atoms with Crippen LogP contribution in [-0.4, -0.2) is 40.2 Å². The third-order valence-corrected chi connectivity index (χ3v) is 5.00. The van der Waals surface area contributed by atoms with Crippen molar-refractivity contribution < 1.29 is 4.79 Å².